The molecular formula is C20H27FN4O2. The lowest BCUT2D eigenvalue weighted by Crippen LogP contribution is -2.44. The Morgan fingerprint density at radius 2 is 1.81 bits per heavy atom. The lowest BCUT2D eigenvalue weighted by Gasteiger charge is -2.34. The van der Waals surface area contributed by atoms with Crippen LogP contribution in [-0.2, 0) is 6.54 Å². The lowest BCUT2D eigenvalue weighted by molar-refractivity contribution is 0.0943. The molecule has 1 N–H and O–H groups in total. The van der Waals surface area contributed by atoms with Crippen molar-refractivity contribution in [2.75, 3.05) is 44.7 Å². The highest BCUT2D eigenvalue weighted by Gasteiger charge is 2.20. The molecule has 0 spiro atoms. The van der Waals surface area contributed by atoms with Gasteiger partial charge in [0, 0.05) is 50.3 Å². The third-order valence-corrected chi connectivity index (χ3v) is 5.11. The zero-order chi connectivity index (χ0) is 19.6. The largest absolute Gasteiger partial charge is 0.369 e. The molecule has 3 rings (SSSR count). The summed E-state index contributed by atoms with van der Waals surface area (Å²) in [5.74, 6) is -0.813. The summed E-state index contributed by atoms with van der Waals surface area (Å²) in [6.07, 6.45) is 0.790. The third kappa shape index (κ3) is 3.83. The van der Waals surface area contributed by atoms with Crippen molar-refractivity contribution >= 4 is 22.4 Å². The van der Waals surface area contributed by atoms with Crippen molar-refractivity contribution in [3.63, 3.8) is 0 Å². The third-order valence-electron chi connectivity index (χ3n) is 5.11. The van der Waals surface area contributed by atoms with Crippen LogP contribution >= 0.6 is 0 Å². The van der Waals surface area contributed by atoms with Gasteiger partial charge in [0.2, 0.25) is 0 Å². The molecule has 146 valence electrons. The van der Waals surface area contributed by atoms with Crippen molar-refractivity contribution in [3.05, 3.63) is 40.1 Å². The minimum atomic E-state index is -0.466. The van der Waals surface area contributed by atoms with E-state index in [1.54, 1.807) is 6.07 Å². The van der Waals surface area contributed by atoms with Crippen LogP contribution in [0.15, 0.2) is 23.0 Å². The number of hydrogen-bond donors (Lipinski definition) is 1. The first-order valence-corrected chi connectivity index (χ1v) is 9.55. The van der Waals surface area contributed by atoms with E-state index in [0.29, 0.717) is 18.5 Å². The van der Waals surface area contributed by atoms with Gasteiger partial charge in [-0.3, -0.25) is 9.59 Å². The number of piperazine rings is 1. The number of carbonyl (C=O) groups is 1. The Hall–Kier alpha value is -2.41. The molecule has 1 amide bonds. The van der Waals surface area contributed by atoms with Gasteiger partial charge in [0.15, 0.2) is 0 Å². The van der Waals surface area contributed by atoms with E-state index in [1.807, 2.05) is 13.8 Å². The first-order chi connectivity index (χ1) is 13.0. The summed E-state index contributed by atoms with van der Waals surface area (Å²) in [6.45, 7) is 8.01. The molecule has 0 unspecified atom stereocenters. The fraction of sp³-hybridized carbons (Fsp3) is 0.500. The van der Waals surface area contributed by atoms with Gasteiger partial charge in [-0.05, 0) is 38.6 Å². The molecule has 0 bridgehead atoms. The number of rotatable bonds is 5. The number of amides is 1. The number of fused-ring (bicyclic) bond motifs is 1. The molecule has 0 aliphatic carbocycles. The monoisotopic (exact) mass is 374 g/mol. The minimum Gasteiger partial charge on any atom is -0.369 e. The molecule has 1 aliphatic heterocycles. The van der Waals surface area contributed by atoms with Crippen molar-refractivity contribution < 1.29 is 9.18 Å². The highest BCUT2D eigenvalue weighted by molar-refractivity contribution is 5.97. The molecule has 0 saturated carbocycles. The zero-order valence-corrected chi connectivity index (χ0v) is 16.2. The van der Waals surface area contributed by atoms with Crippen molar-refractivity contribution in [2.24, 2.45) is 0 Å². The van der Waals surface area contributed by atoms with E-state index in [4.69, 9.17) is 0 Å². The lowest BCUT2D eigenvalue weighted by atomic mass is 10.1. The molecule has 2 aromatic rings. The zero-order valence-electron chi connectivity index (χ0n) is 16.2. The van der Waals surface area contributed by atoms with Crippen molar-refractivity contribution in [1.29, 1.82) is 0 Å². The van der Waals surface area contributed by atoms with Crippen LogP contribution in [0.25, 0.3) is 10.8 Å². The Morgan fingerprint density at radius 3 is 2.44 bits per heavy atom. The van der Waals surface area contributed by atoms with E-state index in [-0.39, 0.29) is 22.5 Å². The molecule has 0 radical (unpaired) electrons. The van der Waals surface area contributed by atoms with Gasteiger partial charge in [-0.25, -0.2) is 4.39 Å². The number of anilines is 1. The second-order valence-electron chi connectivity index (χ2n) is 7.01. The molecular weight excluding hydrogens is 347 g/mol. The summed E-state index contributed by atoms with van der Waals surface area (Å²) in [6, 6.07) is 4.72. The van der Waals surface area contributed by atoms with Gasteiger partial charge < -0.3 is 19.7 Å². The van der Waals surface area contributed by atoms with Crippen LogP contribution in [0.2, 0.25) is 0 Å². The Bertz CT molecular complexity index is 901. The van der Waals surface area contributed by atoms with Gasteiger partial charge in [0.1, 0.15) is 11.5 Å². The number of likely N-dealkylation sites (N-methyl/N-ethyl adjacent to an activating group) is 1. The van der Waals surface area contributed by atoms with E-state index >= 15 is 0 Å². The van der Waals surface area contributed by atoms with Gasteiger partial charge in [-0.2, -0.15) is 0 Å². The van der Waals surface area contributed by atoms with Crippen molar-refractivity contribution in [2.45, 2.75) is 26.8 Å². The van der Waals surface area contributed by atoms with Crippen LogP contribution in [0, 0.1) is 5.82 Å². The summed E-state index contributed by atoms with van der Waals surface area (Å²) >= 11 is 0. The highest BCUT2D eigenvalue weighted by Crippen LogP contribution is 2.25. The average Bonchev–Trinajstić information content (AvgIpc) is 2.67. The number of pyridine rings is 1. The summed E-state index contributed by atoms with van der Waals surface area (Å²) in [4.78, 5) is 29.7. The van der Waals surface area contributed by atoms with Crippen LogP contribution in [0.5, 0.6) is 0 Å². The van der Waals surface area contributed by atoms with Gasteiger partial charge in [-0.1, -0.05) is 6.92 Å². The van der Waals surface area contributed by atoms with Crippen molar-refractivity contribution in [1.82, 2.24) is 14.8 Å². The molecule has 2 heterocycles. The predicted molar refractivity (Wildman–Crippen MR) is 106 cm³/mol. The Labute approximate surface area is 158 Å². The summed E-state index contributed by atoms with van der Waals surface area (Å²) in [5, 5.41) is 3.28. The molecule has 1 saturated heterocycles. The first kappa shape index (κ1) is 19.4. The van der Waals surface area contributed by atoms with Crippen LogP contribution in [-0.4, -0.2) is 55.1 Å². The van der Waals surface area contributed by atoms with E-state index in [2.05, 4.69) is 22.2 Å². The standard InChI is InChI=1S/C20H27FN4O2/c1-4-6-22-19(26)18-13-15-16(20(27)25(18)5-2)11-14(12-17(15)21)24-9-7-23(3)8-10-24/h11-13H,4-10H2,1-3H3,(H,22,26). The fourth-order valence-electron chi connectivity index (χ4n) is 3.47. The van der Waals surface area contributed by atoms with Gasteiger partial charge >= 0.3 is 0 Å². The number of nitrogens with one attached hydrogen (secondary N) is 1. The number of nitrogens with zero attached hydrogens (tertiary/aromatic N) is 3. The maximum absolute atomic E-state index is 14.9. The summed E-state index contributed by atoms with van der Waals surface area (Å²) < 4.78 is 16.3. The van der Waals surface area contributed by atoms with Gasteiger partial charge in [0.25, 0.3) is 11.5 Å². The van der Waals surface area contributed by atoms with Crippen LogP contribution < -0.4 is 15.8 Å². The van der Waals surface area contributed by atoms with E-state index in [9.17, 15) is 14.0 Å². The molecule has 1 aromatic heterocycles. The van der Waals surface area contributed by atoms with E-state index < -0.39 is 5.82 Å². The van der Waals surface area contributed by atoms with Crippen LogP contribution in [0.3, 0.4) is 0 Å². The van der Waals surface area contributed by atoms with Crippen LogP contribution in [0.1, 0.15) is 30.8 Å². The SMILES string of the molecule is CCCNC(=O)c1cc2c(F)cc(N3CCN(C)CC3)cc2c(=O)n1CC. The molecule has 6 nitrogen and oxygen atoms in total. The topological polar surface area (TPSA) is 57.6 Å². The minimum absolute atomic E-state index is 0.198. The second-order valence-corrected chi connectivity index (χ2v) is 7.01. The Balaban J connectivity index is 2.08. The van der Waals surface area contributed by atoms with Gasteiger partial charge in [-0.15, -0.1) is 0 Å². The molecule has 27 heavy (non-hydrogen) atoms. The maximum Gasteiger partial charge on any atom is 0.268 e. The number of hydrogen-bond acceptors (Lipinski definition) is 4. The highest BCUT2D eigenvalue weighted by atomic mass is 19.1. The fourth-order valence-corrected chi connectivity index (χ4v) is 3.47. The van der Waals surface area contributed by atoms with E-state index in [1.165, 1.54) is 16.7 Å². The second kappa shape index (κ2) is 8.08. The number of aromatic nitrogens is 1. The Morgan fingerprint density at radius 1 is 1.11 bits per heavy atom. The quantitative estimate of drug-likeness (QED) is 0.870. The number of carbonyl (C=O) groups excluding carboxylic acids is 1. The predicted octanol–water partition coefficient (Wildman–Crippen LogP) is 2.05. The molecule has 0 atom stereocenters. The molecule has 1 fully saturated rings. The number of halogens is 1. The first-order valence-electron chi connectivity index (χ1n) is 9.55. The average molecular weight is 374 g/mol. The normalized spacial score (nSPS) is 15.3. The van der Waals surface area contributed by atoms with Gasteiger partial charge in [0.05, 0.1) is 5.39 Å². The molecule has 1 aromatic carbocycles. The number of benzene rings is 1. The summed E-state index contributed by atoms with van der Waals surface area (Å²) in [5.41, 5.74) is 0.595. The molecule has 1 aliphatic rings. The maximum atomic E-state index is 14.9. The summed E-state index contributed by atoms with van der Waals surface area (Å²) in [7, 11) is 2.06. The van der Waals surface area contributed by atoms with Crippen LogP contribution in [0.4, 0.5) is 10.1 Å². The smallest absolute Gasteiger partial charge is 0.268 e. The van der Waals surface area contributed by atoms with Crippen molar-refractivity contribution in [3.8, 4) is 0 Å². The van der Waals surface area contributed by atoms with E-state index in [0.717, 1.165) is 38.3 Å². The molecule has 7 heteroatoms. The Kier molecular flexibility index (Phi) is 5.79.